The minimum Gasteiger partial charge on any atom is -0.444 e. The molecule has 1 aromatic heterocycles. The van der Waals surface area contributed by atoms with E-state index in [2.05, 4.69) is 49.8 Å². The van der Waals surface area contributed by atoms with Crippen molar-refractivity contribution in [2.75, 3.05) is 26.7 Å². The van der Waals surface area contributed by atoms with Gasteiger partial charge in [-0.05, 0) is 37.8 Å². The molecule has 0 bridgehead atoms. The van der Waals surface area contributed by atoms with E-state index in [-0.39, 0.29) is 24.0 Å². The minimum absolute atomic E-state index is 0. The number of halogens is 1. The van der Waals surface area contributed by atoms with E-state index in [1.54, 1.807) is 7.05 Å². The third-order valence-electron chi connectivity index (χ3n) is 4.86. The number of nitrogens with zero attached hydrogens (tertiary/aromatic N) is 3. The van der Waals surface area contributed by atoms with Crippen LogP contribution in [0.4, 0.5) is 0 Å². The Morgan fingerprint density at radius 3 is 2.70 bits per heavy atom. The highest BCUT2D eigenvalue weighted by Crippen LogP contribution is 2.18. The zero-order chi connectivity index (χ0) is 18.4. The first-order valence-corrected chi connectivity index (χ1v) is 9.32. The van der Waals surface area contributed by atoms with Crippen molar-refractivity contribution in [2.45, 2.75) is 39.8 Å². The fourth-order valence-electron chi connectivity index (χ4n) is 3.25. The van der Waals surface area contributed by atoms with Gasteiger partial charge in [0.25, 0.3) is 0 Å². The van der Waals surface area contributed by atoms with Gasteiger partial charge in [-0.25, -0.2) is 4.98 Å². The number of hydrogen-bond donors (Lipinski definition) is 2. The molecule has 0 saturated heterocycles. The Hall–Kier alpha value is -1.61. The maximum Gasteiger partial charge on any atom is 0.214 e. The van der Waals surface area contributed by atoms with Crippen LogP contribution in [-0.4, -0.2) is 42.5 Å². The first kappa shape index (κ1) is 21.7. The molecule has 1 aliphatic heterocycles. The molecule has 7 heteroatoms. The van der Waals surface area contributed by atoms with Gasteiger partial charge in [0.2, 0.25) is 5.89 Å². The summed E-state index contributed by atoms with van der Waals surface area (Å²) in [6.07, 6.45) is 2.24. The second-order valence-electron chi connectivity index (χ2n) is 6.75. The number of nitrogens with one attached hydrogen (secondary N) is 2. The van der Waals surface area contributed by atoms with Crippen molar-refractivity contribution in [1.82, 2.24) is 20.5 Å². The molecule has 0 atom stereocenters. The van der Waals surface area contributed by atoms with Crippen molar-refractivity contribution < 1.29 is 4.42 Å². The largest absolute Gasteiger partial charge is 0.444 e. The normalized spacial score (nSPS) is 14.4. The number of aliphatic imine (C=N–C) groups is 1. The Morgan fingerprint density at radius 2 is 2.00 bits per heavy atom. The van der Waals surface area contributed by atoms with E-state index in [1.165, 1.54) is 11.1 Å². The summed E-state index contributed by atoms with van der Waals surface area (Å²) in [7, 11) is 1.78. The third kappa shape index (κ3) is 6.21. The molecule has 1 aromatic carbocycles. The van der Waals surface area contributed by atoms with Crippen LogP contribution in [0.25, 0.3) is 0 Å². The molecule has 0 amide bonds. The van der Waals surface area contributed by atoms with Crippen molar-refractivity contribution in [3.05, 3.63) is 52.7 Å². The van der Waals surface area contributed by atoms with Crippen LogP contribution in [0.1, 0.15) is 34.9 Å². The molecule has 1 aliphatic rings. The lowest BCUT2D eigenvalue weighted by molar-refractivity contribution is 0.251. The number of aromatic nitrogens is 1. The van der Waals surface area contributed by atoms with E-state index in [9.17, 15) is 0 Å². The van der Waals surface area contributed by atoms with Gasteiger partial charge < -0.3 is 15.1 Å². The van der Waals surface area contributed by atoms with Crippen molar-refractivity contribution in [3.8, 4) is 0 Å². The first-order valence-electron chi connectivity index (χ1n) is 9.32. The van der Waals surface area contributed by atoms with Crippen molar-refractivity contribution >= 4 is 29.9 Å². The summed E-state index contributed by atoms with van der Waals surface area (Å²) in [5.74, 6) is 2.34. The van der Waals surface area contributed by atoms with Crippen LogP contribution < -0.4 is 10.6 Å². The van der Waals surface area contributed by atoms with Gasteiger partial charge in [0.05, 0.1) is 12.2 Å². The van der Waals surface area contributed by atoms with Crippen LogP contribution in [0.15, 0.2) is 33.7 Å². The number of fused-ring (bicyclic) bond motifs is 1. The molecule has 2 heterocycles. The number of guanidine groups is 1. The molecule has 6 nitrogen and oxygen atoms in total. The zero-order valence-corrected chi connectivity index (χ0v) is 18.7. The van der Waals surface area contributed by atoms with Crippen LogP contribution in [0.3, 0.4) is 0 Å². The zero-order valence-electron chi connectivity index (χ0n) is 16.4. The topological polar surface area (TPSA) is 65.7 Å². The molecule has 2 N–H and O–H groups in total. The number of oxazole rings is 1. The van der Waals surface area contributed by atoms with Gasteiger partial charge in [-0.15, -0.1) is 24.0 Å². The molecule has 0 spiro atoms. The number of aryl methyl sites for hydroxylation is 2. The smallest absolute Gasteiger partial charge is 0.214 e. The summed E-state index contributed by atoms with van der Waals surface area (Å²) < 4.78 is 5.58. The van der Waals surface area contributed by atoms with Crippen molar-refractivity contribution in [2.24, 2.45) is 4.99 Å². The summed E-state index contributed by atoms with van der Waals surface area (Å²) >= 11 is 0. The van der Waals surface area contributed by atoms with Gasteiger partial charge in [-0.2, -0.15) is 0 Å². The second kappa shape index (κ2) is 10.7. The van der Waals surface area contributed by atoms with Gasteiger partial charge >= 0.3 is 0 Å². The lowest BCUT2D eigenvalue weighted by Crippen LogP contribution is -2.39. The highest BCUT2D eigenvalue weighted by molar-refractivity contribution is 14.0. The second-order valence-corrected chi connectivity index (χ2v) is 6.75. The fourth-order valence-corrected chi connectivity index (χ4v) is 3.25. The summed E-state index contributed by atoms with van der Waals surface area (Å²) in [5, 5.41) is 6.61. The highest BCUT2D eigenvalue weighted by Gasteiger charge is 2.14. The lowest BCUT2D eigenvalue weighted by atomic mass is 10.00. The summed E-state index contributed by atoms with van der Waals surface area (Å²) in [5.41, 5.74) is 3.91. The van der Waals surface area contributed by atoms with Crippen LogP contribution in [0, 0.1) is 13.8 Å². The van der Waals surface area contributed by atoms with E-state index >= 15 is 0 Å². The molecule has 2 aromatic rings. The van der Waals surface area contributed by atoms with Gasteiger partial charge in [-0.1, -0.05) is 24.3 Å². The first-order chi connectivity index (χ1) is 12.7. The van der Waals surface area contributed by atoms with Crippen LogP contribution in [0.2, 0.25) is 0 Å². The van der Waals surface area contributed by atoms with Crippen LogP contribution in [-0.2, 0) is 19.5 Å². The maximum absolute atomic E-state index is 5.58. The van der Waals surface area contributed by atoms with Gasteiger partial charge in [-0.3, -0.25) is 9.89 Å². The average Bonchev–Trinajstić information content (AvgIpc) is 2.98. The van der Waals surface area contributed by atoms with E-state index in [0.29, 0.717) is 12.4 Å². The molecule has 0 fully saturated rings. The highest BCUT2D eigenvalue weighted by atomic mass is 127. The lowest BCUT2D eigenvalue weighted by Gasteiger charge is -2.28. The van der Waals surface area contributed by atoms with Crippen molar-refractivity contribution in [1.29, 1.82) is 0 Å². The summed E-state index contributed by atoms with van der Waals surface area (Å²) in [6.45, 7) is 8.61. The molecule has 27 heavy (non-hydrogen) atoms. The van der Waals surface area contributed by atoms with E-state index in [1.807, 2.05) is 13.8 Å². The number of benzene rings is 1. The maximum atomic E-state index is 5.58. The summed E-state index contributed by atoms with van der Waals surface area (Å²) in [4.78, 5) is 11.2. The van der Waals surface area contributed by atoms with Gasteiger partial charge in [0.15, 0.2) is 5.96 Å². The van der Waals surface area contributed by atoms with Gasteiger partial charge in [0.1, 0.15) is 5.76 Å². The molecular weight excluding hydrogens is 453 g/mol. The van der Waals surface area contributed by atoms with Crippen LogP contribution in [0.5, 0.6) is 0 Å². The molecule has 0 aliphatic carbocycles. The van der Waals surface area contributed by atoms with E-state index in [4.69, 9.17) is 4.42 Å². The molecule has 148 valence electrons. The molecular formula is C20H30IN5O. The Balaban J connectivity index is 0.00000261. The number of hydrogen-bond acceptors (Lipinski definition) is 4. The van der Waals surface area contributed by atoms with Crippen molar-refractivity contribution in [3.63, 3.8) is 0 Å². The fraction of sp³-hybridized carbons (Fsp3) is 0.500. The molecule has 0 radical (unpaired) electrons. The standard InChI is InChI=1S/C20H29N5O.HI/c1-15-16(2)26-19(24-15)13-23-20(21-3)22-10-6-11-25-12-9-17-7-4-5-8-18(17)14-25;/h4-5,7-8H,6,9-14H2,1-3H3,(H2,21,22,23);1H. The van der Waals surface area contributed by atoms with E-state index in [0.717, 1.165) is 56.4 Å². The number of rotatable bonds is 6. The molecule has 0 saturated carbocycles. The SMILES string of the molecule is CN=C(NCCCN1CCc2ccccc2C1)NCc1nc(C)c(C)o1.I. The Labute approximate surface area is 178 Å². The predicted molar refractivity (Wildman–Crippen MR) is 120 cm³/mol. The molecule has 3 rings (SSSR count). The van der Waals surface area contributed by atoms with Crippen LogP contribution >= 0.6 is 24.0 Å². The minimum atomic E-state index is 0. The molecule has 0 unspecified atom stereocenters. The summed E-state index contributed by atoms with van der Waals surface area (Å²) in [6, 6.07) is 8.77. The Morgan fingerprint density at radius 1 is 1.22 bits per heavy atom. The van der Waals surface area contributed by atoms with Gasteiger partial charge in [0, 0.05) is 33.2 Å². The monoisotopic (exact) mass is 483 g/mol. The quantitative estimate of drug-likeness (QED) is 0.286. The Kier molecular flexibility index (Phi) is 8.56. The van der Waals surface area contributed by atoms with E-state index < -0.39 is 0 Å². The Bertz CT molecular complexity index is 739. The third-order valence-corrected chi connectivity index (χ3v) is 4.86. The predicted octanol–water partition coefficient (Wildman–Crippen LogP) is 3.02. The average molecular weight is 483 g/mol.